The summed E-state index contributed by atoms with van der Waals surface area (Å²) < 4.78 is 2.50. The van der Waals surface area contributed by atoms with Gasteiger partial charge in [0.2, 0.25) is 0 Å². The molecular formula is C17H25N3. The molecule has 0 spiro atoms. The van der Waals surface area contributed by atoms with Gasteiger partial charge in [-0.3, -0.25) is 0 Å². The Labute approximate surface area is 120 Å². The highest BCUT2D eigenvalue weighted by Gasteiger charge is 2.50. The van der Waals surface area contributed by atoms with E-state index in [1.54, 1.807) is 0 Å². The van der Waals surface area contributed by atoms with E-state index < -0.39 is 0 Å². The van der Waals surface area contributed by atoms with E-state index in [1.807, 2.05) is 0 Å². The number of nitrogens with two attached hydrogens (primary N) is 1. The molecule has 2 heterocycles. The lowest BCUT2D eigenvalue weighted by atomic mass is 9.51. The zero-order valence-electron chi connectivity index (χ0n) is 12.2. The summed E-state index contributed by atoms with van der Waals surface area (Å²) in [6, 6.07) is 0.224. The average molecular weight is 271 g/mol. The third-order valence-electron chi connectivity index (χ3n) is 6.72. The minimum absolute atomic E-state index is 0.224. The first-order chi connectivity index (χ1) is 9.79. The Balaban J connectivity index is 1.54. The predicted octanol–water partition coefficient (Wildman–Crippen LogP) is 3.22. The molecule has 0 radical (unpaired) electrons. The zero-order valence-corrected chi connectivity index (χ0v) is 12.2. The molecule has 4 bridgehead atoms. The van der Waals surface area contributed by atoms with Crippen molar-refractivity contribution in [3.05, 3.63) is 17.7 Å². The molecule has 0 saturated heterocycles. The van der Waals surface area contributed by atoms with E-state index in [2.05, 4.69) is 10.8 Å². The first-order valence-electron chi connectivity index (χ1n) is 8.60. The fourth-order valence-corrected chi connectivity index (χ4v) is 6.17. The average Bonchev–Trinajstić information content (AvgIpc) is 2.83. The first kappa shape index (κ1) is 11.8. The summed E-state index contributed by atoms with van der Waals surface area (Å²) in [6.07, 6.45) is 11.9. The van der Waals surface area contributed by atoms with E-state index >= 15 is 0 Å². The molecule has 1 atom stereocenters. The maximum atomic E-state index is 6.27. The summed E-state index contributed by atoms with van der Waals surface area (Å²) in [5.41, 5.74) is 7.58. The Morgan fingerprint density at radius 3 is 2.45 bits per heavy atom. The molecule has 0 amide bonds. The van der Waals surface area contributed by atoms with E-state index in [-0.39, 0.29) is 6.04 Å². The Hall–Kier alpha value is -0.830. The van der Waals surface area contributed by atoms with Gasteiger partial charge in [0.25, 0.3) is 0 Å². The van der Waals surface area contributed by atoms with Crippen LogP contribution < -0.4 is 5.73 Å². The first-order valence-corrected chi connectivity index (χ1v) is 8.60. The Morgan fingerprint density at radius 2 is 1.75 bits per heavy atom. The molecule has 1 unspecified atom stereocenters. The standard InChI is InChI=1S/C17H25N3/c18-14-2-1-3-20-15(14)9-19-17(20)16-12-5-10-4-11(7-12)8-13(16)6-10/h9-14,16H,1-8,18H2. The quantitative estimate of drug-likeness (QED) is 0.852. The van der Waals surface area contributed by atoms with Gasteiger partial charge >= 0.3 is 0 Å². The van der Waals surface area contributed by atoms with Crippen LogP contribution in [0.5, 0.6) is 0 Å². The van der Waals surface area contributed by atoms with Gasteiger partial charge in [-0.1, -0.05) is 0 Å². The molecule has 1 aromatic heterocycles. The summed E-state index contributed by atoms with van der Waals surface area (Å²) in [5.74, 6) is 6.11. The van der Waals surface area contributed by atoms with Crippen molar-refractivity contribution in [3.8, 4) is 0 Å². The third-order valence-corrected chi connectivity index (χ3v) is 6.72. The molecule has 4 saturated carbocycles. The molecule has 1 aromatic rings. The Kier molecular flexibility index (Phi) is 2.41. The number of hydrogen-bond donors (Lipinski definition) is 1. The lowest BCUT2D eigenvalue weighted by Gasteiger charge is -2.54. The highest BCUT2D eigenvalue weighted by Crippen LogP contribution is 2.59. The van der Waals surface area contributed by atoms with Crippen molar-refractivity contribution in [1.82, 2.24) is 9.55 Å². The van der Waals surface area contributed by atoms with E-state index in [1.165, 1.54) is 50.0 Å². The molecule has 108 valence electrons. The maximum Gasteiger partial charge on any atom is 0.112 e. The maximum absolute atomic E-state index is 6.27. The van der Waals surface area contributed by atoms with Crippen LogP contribution in [0.1, 0.15) is 68.4 Å². The monoisotopic (exact) mass is 271 g/mol. The van der Waals surface area contributed by atoms with E-state index in [0.29, 0.717) is 0 Å². The van der Waals surface area contributed by atoms with Crippen molar-refractivity contribution in [1.29, 1.82) is 0 Å². The lowest BCUT2D eigenvalue weighted by Crippen LogP contribution is -2.44. The molecule has 4 fully saturated rings. The molecular weight excluding hydrogens is 246 g/mol. The molecule has 2 N–H and O–H groups in total. The largest absolute Gasteiger partial charge is 0.330 e. The summed E-state index contributed by atoms with van der Waals surface area (Å²) in [4.78, 5) is 4.88. The van der Waals surface area contributed by atoms with Gasteiger partial charge in [-0.25, -0.2) is 4.98 Å². The topological polar surface area (TPSA) is 43.8 Å². The molecule has 3 heteroatoms. The van der Waals surface area contributed by atoms with Gasteiger partial charge in [-0.2, -0.15) is 0 Å². The minimum atomic E-state index is 0.224. The van der Waals surface area contributed by atoms with Gasteiger partial charge in [0.1, 0.15) is 5.82 Å². The number of nitrogens with zero attached hydrogens (tertiary/aromatic N) is 2. The van der Waals surface area contributed by atoms with Crippen LogP contribution in [0.4, 0.5) is 0 Å². The summed E-state index contributed by atoms with van der Waals surface area (Å²) in [7, 11) is 0. The van der Waals surface area contributed by atoms with E-state index in [0.717, 1.165) is 42.6 Å². The van der Waals surface area contributed by atoms with Crippen molar-refractivity contribution in [2.75, 3.05) is 0 Å². The van der Waals surface area contributed by atoms with E-state index in [4.69, 9.17) is 10.7 Å². The smallest absolute Gasteiger partial charge is 0.112 e. The molecule has 5 aliphatic rings. The van der Waals surface area contributed by atoms with Crippen molar-refractivity contribution >= 4 is 0 Å². The number of fused-ring (bicyclic) bond motifs is 1. The fourth-order valence-electron chi connectivity index (χ4n) is 6.17. The normalized spacial score (nSPS) is 45.6. The highest BCUT2D eigenvalue weighted by atomic mass is 15.1. The number of imidazole rings is 1. The van der Waals surface area contributed by atoms with Crippen LogP contribution in [0.3, 0.4) is 0 Å². The van der Waals surface area contributed by atoms with Crippen LogP contribution in [0, 0.1) is 23.7 Å². The van der Waals surface area contributed by atoms with Crippen LogP contribution in [0.25, 0.3) is 0 Å². The molecule has 0 aromatic carbocycles. The molecule has 20 heavy (non-hydrogen) atoms. The van der Waals surface area contributed by atoms with E-state index in [9.17, 15) is 0 Å². The summed E-state index contributed by atoms with van der Waals surface area (Å²) in [6.45, 7) is 1.15. The van der Waals surface area contributed by atoms with Gasteiger partial charge in [0.05, 0.1) is 11.9 Å². The van der Waals surface area contributed by atoms with Gasteiger partial charge in [0.15, 0.2) is 0 Å². The van der Waals surface area contributed by atoms with Crippen molar-refractivity contribution in [2.24, 2.45) is 29.4 Å². The van der Waals surface area contributed by atoms with Crippen molar-refractivity contribution < 1.29 is 0 Å². The van der Waals surface area contributed by atoms with Gasteiger partial charge in [-0.15, -0.1) is 0 Å². The van der Waals surface area contributed by atoms with Crippen LogP contribution >= 0.6 is 0 Å². The van der Waals surface area contributed by atoms with Gasteiger partial charge in [0, 0.05) is 18.5 Å². The van der Waals surface area contributed by atoms with Crippen molar-refractivity contribution in [2.45, 2.75) is 63.5 Å². The Morgan fingerprint density at radius 1 is 1.05 bits per heavy atom. The molecule has 6 rings (SSSR count). The van der Waals surface area contributed by atoms with Crippen LogP contribution in [0.2, 0.25) is 0 Å². The second-order valence-electron chi connectivity index (χ2n) is 7.90. The predicted molar refractivity (Wildman–Crippen MR) is 78.2 cm³/mol. The number of hydrogen-bond acceptors (Lipinski definition) is 2. The molecule has 4 aliphatic carbocycles. The molecule has 1 aliphatic heterocycles. The lowest BCUT2D eigenvalue weighted by molar-refractivity contribution is -0.00699. The minimum Gasteiger partial charge on any atom is -0.330 e. The number of aromatic nitrogens is 2. The van der Waals surface area contributed by atoms with Crippen molar-refractivity contribution in [3.63, 3.8) is 0 Å². The second-order valence-corrected chi connectivity index (χ2v) is 7.90. The highest BCUT2D eigenvalue weighted by molar-refractivity contribution is 5.19. The SMILES string of the molecule is NC1CCCn2c1cnc2C1C2CC3CC(C2)CC1C3. The van der Waals surface area contributed by atoms with Crippen LogP contribution in [-0.2, 0) is 6.54 Å². The molecule has 3 nitrogen and oxygen atoms in total. The van der Waals surface area contributed by atoms with Gasteiger partial charge < -0.3 is 10.3 Å². The second kappa shape index (κ2) is 4.09. The fraction of sp³-hybridized carbons (Fsp3) is 0.824. The summed E-state index contributed by atoms with van der Waals surface area (Å²) >= 11 is 0. The third kappa shape index (κ3) is 1.53. The van der Waals surface area contributed by atoms with Gasteiger partial charge in [-0.05, 0) is 68.6 Å². The Bertz CT molecular complexity index is 504. The van der Waals surface area contributed by atoms with Crippen LogP contribution in [0.15, 0.2) is 6.20 Å². The summed E-state index contributed by atoms with van der Waals surface area (Å²) in [5, 5.41) is 0. The zero-order chi connectivity index (χ0) is 13.3. The number of rotatable bonds is 1. The van der Waals surface area contributed by atoms with Crippen LogP contribution in [-0.4, -0.2) is 9.55 Å².